The predicted octanol–water partition coefficient (Wildman–Crippen LogP) is 1.71. The Kier molecular flexibility index (Phi) is 4.80. The number of rotatable bonds is 6. The molecule has 1 saturated heterocycles. The van der Waals surface area contributed by atoms with E-state index in [1.54, 1.807) is 0 Å². The maximum absolute atomic E-state index is 12.0. The van der Waals surface area contributed by atoms with Crippen molar-refractivity contribution in [3.8, 4) is 0 Å². The molecule has 1 aliphatic heterocycles. The fourth-order valence-corrected chi connectivity index (χ4v) is 3.19. The van der Waals surface area contributed by atoms with E-state index < -0.39 is 11.5 Å². The van der Waals surface area contributed by atoms with Gasteiger partial charge in [0, 0.05) is 19.6 Å². The van der Waals surface area contributed by atoms with Gasteiger partial charge in [0.1, 0.15) is 0 Å². The van der Waals surface area contributed by atoms with Gasteiger partial charge >= 0.3 is 5.97 Å². The quantitative estimate of drug-likeness (QED) is 0.769. The van der Waals surface area contributed by atoms with E-state index in [9.17, 15) is 9.59 Å². The molecule has 0 aromatic rings. The van der Waals surface area contributed by atoms with Crippen LogP contribution in [0.1, 0.15) is 51.4 Å². The summed E-state index contributed by atoms with van der Waals surface area (Å²) in [6.45, 7) is 1.56. The summed E-state index contributed by atoms with van der Waals surface area (Å²) in [5, 5.41) is 12.0. The van der Waals surface area contributed by atoms with E-state index >= 15 is 0 Å². The van der Waals surface area contributed by atoms with Gasteiger partial charge in [-0.15, -0.1) is 0 Å². The van der Waals surface area contributed by atoms with Crippen LogP contribution in [0.15, 0.2) is 0 Å². The molecule has 19 heavy (non-hydrogen) atoms. The summed E-state index contributed by atoms with van der Waals surface area (Å²) >= 11 is 0. The fraction of sp³-hybridized carbons (Fsp3) is 0.857. The highest BCUT2D eigenvalue weighted by molar-refractivity contribution is 5.78. The van der Waals surface area contributed by atoms with E-state index in [0.29, 0.717) is 12.3 Å². The Hall–Kier alpha value is -1.10. The largest absolute Gasteiger partial charge is 0.481 e. The summed E-state index contributed by atoms with van der Waals surface area (Å²) in [7, 11) is 0. The van der Waals surface area contributed by atoms with Gasteiger partial charge in [-0.2, -0.15) is 0 Å². The molecule has 2 rings (SSSR count). The van der Waals surface area contributed by atoms with Gasteiger partial charge in [-0.25, -0.2) is 0 Å². The van der Waals surface area contributed by atoms with Gasteiger partial charge in [0.2, 0.25) is 5.91 Å². The molecule has 2 N–H and O–H groups in total. The van der Waals surface area contributed by atoms with Crippen molar-refractivity contribution in [3.63, 3.8) is 0 Å². The molecule has 2 fully saturated rings. The van der Waals surface area contributed by atoms with Gasteiger partial charge in [-0.05, 0) is 31.6 Å². The summed E-state index contributed by atoms with van der Waals surface area (Å²) in [6, 6.07) is 0. The zero-order valence-electron chi connectivity index (χ0n) is 11.3. The second kappa shape index (κ2) is 6.37. The molecule has 0 aromatic carbocycles. The Balaban J connectivity index is 1.79. The van der Waals surface area contributed by atoms with E-state index in [-0.39, 0.29) is 12.3 Å². The minimum atomic E-state index is -0.827. The molecule has 5 heteroatoms. The molecule has 0 radical (unpaired) electrons. The van der Waals surface area contributed by atoms with Gasteiger partial charge in [-0.1, -0.05) is 12.8 Å². The third-order valence-electron chi connectivity index (χ3n) is 4.26. The van der Waals surface area contributed by atoms with Crippen LogP contribution in [0, 0.1) is 5.92 Å². The molecule has 1 heterocycles. The van der Waals surface area contributed by atoms with Crippen LogP contribution in [-0.2, 0) is 14.3 Å². The normalized spacial score (nSPS) is 25.4. The molecule has 0 spiro atoms. The standard InChI is InChI=1S/C14H23NO4/c16-12(4-3-11-5-8-19-10-11)15-14(9-13(17)18)6-1-2-7-14/h11H,1-10H2,(H,15,16)(H,17,18). The molecule has 1 saturated carbocycles. The molecule has 1 amide bonds. The highest BCUT2D eigenvalue weighted by Crippen LogP contribution is 2.33. The van der Waals surface area contributed by atoms with E-state index in [1.165, 1.54) is 0 Å². The lowest BCUT2D eigenvalue weighted by Crippen LogP contribution is -2.47. The van der Waals surface area contributed by atoms with Crippen LogP contribution < -0.4 is 5.32 Å². The lowest BCUT2D eigenvalue weighted by Gasteiger charge is -2.28. The van der Waals surface area contributed by atoms with Crippen LogP contribution in [0.3, 0.4) is 0 Å². The number of aliphatic carboxylic acids is 1. The minimum Gasteiger partial charge on any atom is -0.481 e. The Bertz CT molecular complexity index is 330. The van der Waals surface area contributed by atoms with Gasteiger partial charge in [-0.3, -0.25) is 9.59 Å². The number of ether oxygens (including phenoxy) is 1. The van der Waals surface area contributed by atoms with E-state index in [4.69, 9.17) is 9.84 Å². The molecule has 1 atom stereocenters. The van der Waals surface area contributed by atoms with E-state index in [2.05, 4.69) is 5.32 Å². The van der Waals surface area contributed by atoms with E-state index in [1.807, 2.05) is 0 Å². The Labute approximate surface area is 113 Å². The second-order valence-electron chi connectivity index (χ2n) is 5.87. The van der Waals surface area contributed by atoms with Crippen molar-refractivity contribution < 1.29 is 19.4 Å². The SMILES string of the molecule is O=C(O)CC1(NC(=O)CCC2CCOC2)CCCC1. The number of carbonyl (C=O) groups is 2. The van der Waals surface area contributed by atoms with Crippen molar-refractivity contribution in [3.05, 3.63) is 0 Å². The van der Waals surface area contributed by atoms with Crippen LogP contribution in [-0.4, -0.2) is 35.7 Å². The molecule has 1 aliphatic carbocycles. The first kappa shape index (κ1) is 14.3. The summed E-state index contributed by atoms with van der Waals surface area (Å²) in [4.78, 5) is 22.9. The molecular formula is C14H23NO4. The molecule has 2 aliphatic rings. The summed E-state index contributed by atoms with van der Waals surface area (Å²) < 4.78 is 5.29. The van der Waals surface area contributed by atoms with Crippen LogP contribution in [0.2, 0.25) is 0 Å². The third kappa shape index (κ3) is 4.20. The molecule has 1 unspecified atom stereocenters. The number of amides is 1. The fourth-order valence-electron chi connectivity index (χ4n) is 3.19. The van der Waals surface area contributed by atoms with Gasteiger partial charge < -0.3 is 15.2 Å². The minimum absolute atomic E-state index is 0.00458. The number of carbonyl (C=O) groups excluding carboxylic acids is 1. The lowest BCUT2D eigenvalue weighted by molar-refractivity contribution is -0.139. The molecule has 5 nitrogen and oxygen atoms in total. The van der Waals surface area contributed by atoms with Crippen molar-refractivity contribution in [1.29, 1.82) is 0 Å². The van der Waals surface area contributed by atoms with Crippen molar-refractivity contribution in [2.24, 2.45) is 5.92 Å². The highest BCUT2D eigenvalue weighted by Gasteiger charge is 2.37. The summed E-state index contributed by atoms with van der Waals surface area (Å²) in [6.07, 6.45) is 5.99. The van der Waals surface area contributed by atoms with Gasteiger partial charge in [0.05, 0.1) is 12.0 Å². The van der Waals surface area contributed by atoms with Gasteiger partial charge in [0.15, 0.2) is 0 Å². The average Bonchev–Trinajstić information content (AvgIpc) is 2.97. The van der Waals surface area contributed by atoms with Crippen LogP contribution in [0.25, 0.3) is 0 Å². The van der Waals surface area contributed by atoms with Crippen LogP contribution in [0.4, 0.5) is 0 Å². The predicted molar refractivity (Wildman–Crippen MR) is 69.8 cm³/mol. The number of nitrogens with one attached hydrogen (secondary N) is 1. The molecule has 0 bridgehead atoms. The Morgan fingerprint density at radius 1 is 1.32 bits per heavy atom. The Morgan fingerprint density at radius 2 is 2.05 bits per heavy atom. The monoisotopic (exact) mass is 269 g/mol. The number of carboxylic acid groups (broad SMARTS) is 1. The molecule has 0 aromatic heterocycles. The van der Waals surface area contributed by atoms with Crippen LogP contribution in [0.5, 0.6) is 0 Å². The first-order valence-electron chi connectivity index (χ1n) is 7.20. The molecular weight excluding hydrogens is 246 g/mol. The van der Waals surface area contributed by atoms with Crippen molar-refractivity contribution >= 4 is 11.9 Å². The van der Waals surface area contributed by atoms with Crippen molar-refractivity contribution in [2.45, 2.75) is 56.9 Å². The average molecular weight is 269 g/mol. The summed E-state index contributed by atoms with van der Waals surface area (Å²) in [5.41, 5.74) is -0.491. The Morgan fingerprint density at radius 3 is 2.63 bits per heavy atom. The third-order valence-corrected chi connectivity index (χ3v) is 4.26. The zero-order chi connectivity index (χ0) is 13.7. The van der Waals surface area contributed by atoms with Gasteiger partial charge in [0.25, 0.3) is 0 Å². The first-order valence-corrected chi connectivity index (χ1v) is 7.20. The zero-order valence-corrected chi connectivity index (χ0v) is 11.3. The maximum atomic E-state index is 12.0. The second-order valence-corrected chi connectivity index (χ2v) is 5.87. The van der Waals surface area contributed by atoms with Crippen molar-refractivity contribution in [2.75, 3.05) is 13.2 Å². The summed E-state index contributed by atoms with van der Waals surface area (Å²) in [5.74, 6) is -0.341. The maximum Gasteiger partial charge on any atom is 0.305 e. The van der Waals surface area contributed by atoms with Crippen LogP contribution >= 0.6 is 0 Å². The first-order chi connectivity index (χ1) is 9.10. The lowest BCUT2D eigenvalue weighted by atomic mass is 9.92. The molecule has 108 valence electrons. The van der Waals surface area contributed by atoms with Crippen molar-refractivity contribution in [1.82, 2.24) is 5.32 Å². The number of hydrogen-bond acceptors (Lipinski definition) is 3. The van der Waals surface area contributed by atoms with E-state index in [0.717, 1.165) is 51.7 Å². The number of hydrogen-bond donors (Lipinski definition) is 2. The number of carboxylic acids is 1. The topological polar surface area (TPSA) is 75.6 Å². The highest BCUT2D eigenvalue weighted by atomic mass is 16.5. The smallest absolute Gasteiger partial charge is 0.305 e.